The highest BCUT2D eigenvalue weighted by Gasteiger charge is 2.50. The van der Waals surface area contributed by atoms with Gasteiger partial charge >= 0.3 is 17.7 Å². The Bertz CT molecular complexity index is 1900. The molecule has 9 unspecified atom stereocenters. The van der Waals surface area contributed by atoms with Gasteiger partial charge < -0.3 is 54.5 Å². The lowest BCUT2D eigenvalue weighted by atomic mass is 9.78. The molecule has 15 nitrogen and oxygen atoms in total. The number of nitrogens with one attached hydrogen (secondary N) is 1. The summed E-state index contributed by atoms with van der Waals surface area (Å²) in [4.78, 5) is 52.2. The summed E-state index contributed by atoms with van der Waals surface area (Å²) in [5.41, 5.74) is -0.365. The Balaban J connectivity index is 1.94. The fraction of sp³-hybridized carbons (Fsp3) is 0.487. The predicted molar refractivity (Wildman–Crippen MR) is 195 cm³/mol. The van der Waals surface area contributed by atoms with Gasteiger partial charge in [-0.15, -0.1) is 0 Å². The molecule has 54 heavy (non-hydrogen) atoms. The molecular formula is C39H49NO14. The quantitative estimate of drug-likeness (QED) is 0.148. The van der Waals surface area contributed by atoms with Crippen molar-refractivity contribution in [3.63, 3.8) is 0 Å². The van der Waals surface area contributed by atoms with Crippen LogP contribution in [0.2, 0.25) is 0 Å². The second kappa shape index (κ2) is 16.6. The first kappa shape index (κ1) is 41.8. The summed E-state index contributed by atoms with van der Waals surface area (Å²) in [7, 11) is 1.41. The van der Waals surface area contributed by atoms with Crippen molar-refractivity contribution >= 4 is 40.1 Å². The van der Waals surface area contributed by atoms with Crippen molar-refractivity contribution in [3.8, 4) is 23.0 Å². The van der Waals surface area contributed by atoms with E-state index >= 15 is 0 Å². The van der Waals surface area contributed by atoms with Crippen LogP contribution in [-0.4, -0.2) is 93.1 Å². The van der Waals surface area contributed by atoms with Gasteiger partial charge in [-0.25, -0.2) is 4.79 Å². The number of allylic oxidation sites excluding steroid dienone is 2. The fourth-order valence-electron chi connectivity index (χ4n) is 6.87. The van der Waals surface area contributed by atoms with Crippen molar-refractivity contribution in [1.29, 1.82) is 0 Å². The first-order chi connectivity index (χ1) is 25.3. The summed E-state index contributed by atoms with van der Waals surface area (Å²) in [5, 5.41) is 56.9. The number of phenolic OH excluding ortho intramolecular Hbond substituents is 2. The number of Topliss-reactive ketones (excluding diaryl/α,β-unsaturated/α-hetero) is 1. The average molecular weight is 756 g/mol. The largest absolute Gasteiger partial charge is 0.507 e. The SMILES string of the molecule is COC1C=COC2(C)Oc3c(C)c(O)c4c(O)c(cc(OC(=O)CO)c4c3C2=O)NC(=O)C(C)=CC=CC(C)C(O)C(C)C(O)C(C)C(OC(C)=O)C1C. The summed E-state index contributed by atoms with van der Waals surface area (Å²) < 4.78 is 28.7. The molecule has 0 spiro atoms. The number of hydrogen-bond acceptors (Lipinski definition) is 14. The first-order valence-corrected chi connectivity index (χ1v) is 17.5. The standard InChI is InChI=1S/C39H49NO14/c1-17-11-10-12-18(2)38(49)40-24-15-26(53-27(43)16-41)28-29(34(24)47)33(46)22(6)36-30(28)37(48)39(8,54-36)51-14-13-25(50-9)19(3)35(52-23(7)42)21(5)32(45)20(4)31(17)44/h10-15,17,19-21,25,31-32,35,41,44-47H,16H2,1-9H3,(H,40,49). The van der Waals surface area contributed by atoms with Crippen molar-refractivity contribution < 1.29 is 68.4 Å². The van der Waals surface area contributed by atoms with E-state index < -0.39 is 101 Å². The summed E-state index contributed by atoms with van der Waals surface area (Å²) in [6.45, 7) is 11.2. The Labute approximate surface area is 312 Å². The molecular weight excluding hydrogens is 706 g/mol. The van der Waals surface area contributed by atoms with Crippen LogP contribution >= 0.6 is 0 Å². The number of carbonyl (C=O) groups is 4. The van der Waals surface area contributed by atoms with Gasteiger partial charge in [-0.1, -0.05) is 45.9 Å². The van der Waals surface area contributed by atoms with Gasteiger partial charge in [0.05, 0.1) is 41.2 Å². The van der Waals surface area contributed by atoms with Gasteiger partial charge in [0.15, 0.2) is 5.75 Å². The Kier molecular flexibility index (Phi) is 12.8. The molecule has 9 atom stereocenters. The molecule has 0 aromatic heterocycles. The lowest BCUT2D eigenvalue weighted by molar-refractivity contribution is -0.160. The lowest BCUT2D eigenvalue weighted by Gasteiger charge is -2.38. The smallest absolute Gasteiger partial charge is 0.337 e. The van der Waals surface area contributed by atoms with E-state index in [-0.39, 0.29) is 38.9 Å². The van der Waals surface area contributed by atoms with Gasteiger partial charge in [0, 0.05) is 67.2 Å². The van der Waals surface area contributed by atoms with Crippen LogP contribution in [0.4, 0.5) is 5.69 Å². The number of aliphatic hydroxyl groups is 3. The van der Waals surface area contributed by atoms with E-state index in [1.807, 2.05) is 0 Å². The topological polar surface area (TPSA) is 228 Å². The summed E-state index contributed by atoms with van der Waals surface area (Å²) in [5.74, 6) is -9.62. The Morgan fingerprint density at radius 2 is 1.63 bits per heavy atom. The van der Waals surface area contributed by atoms with E-state index in [0.717, 1.165) is 12.3 Å². The van der Waals surface area contributed by atoms with Crippen LogP contribution in [0.3, 0.4) is 0 Å². The van der Waals surface area contributed by atoms with Crippen LogP contribution in [0.25, 0.3) is 10.8 Å². The van der Waals surface area contributed by atoms with E-state index in [2.05, 4.69) is 5.32 Å². The molecule has 0 saturated heterocycles. The monoisotopic (exact) mass is 755 g/mol. The number of amides is 1. The highest BCUT2D eigenvalue weighted by Crippen LogP contribution is 2.54. The molecule has 3 aliphatic rings. The van der Waals surface area contributed by atoms with Gasteiger partial charge in [0.25, 0.3) is 11.7 Å². The van der Waals surface area contributed by atoms with E-state index in [1.54, 1.807) is 39.8 Å². The number of ketones is 1. The minimum absolute atomic E-state index is 0.0118. The van der Waals surface area contributed by atoms with Gasteiger partial charge in [-0.2, -0.15) is 0 Å². The molecule has 0 saturated carbocycles. The molecule has 294 valence electrons. The van der Waals surface area contributed by atoms with Crippen molar-refractivity contribution in [1.82, 2.24) is 0 Å². The zero-order valence-electron chi connectivity index (χ0n) is 31.7. The number of anilines is 1. The van der Waals surface area contributed by atoms with Crippen molar-refractivity contribution in [2.75, 3.05) is 19.0 Å². The summed E-state index contributed by atoms with van der Waals surface area (Å²) in [6.07, 6.45) is 3.32. The number of esters is 2. The van der Waals surface area contributed by atoms with Gasteiger partial charge in [0.2, 0.25) is 0 Å². The highest BCUT2D eigenvalue weighted by molar-refractivity contribution is 6.21. The number of benzene rings is 2. The van der Waals surface area contributed by atoms with Crippen LogP contribution < -0.4 is 14.8 Å². The number of phenols is 2. The molecule has 2 aromatic carbocycles. The molecule has 3 aliphatic heterocycles. The Morgan fingerprint density at radius 3 is 2.24 bits per heavy atom. The van der Waals surface area contributed by atoms with Crippen LogP contribution in [0.15, 0.2) is 42.2 Å². The molecule has 3 heterocycles. The van der Waals surface area contributed by atoms with Crippen LogP contribution in [0.1, 0.15) is 64.4 Å². The maximum Gasteiger partial charge on any atom is 0.337 e. The zero-order chi connectivity index (χ0) is 40.4. The molecule has 15 heteroatoms. The molecule has 6 N–H and O–H groups in total. The van der Waals surface area contributed by atoms with Crippen molar-refractivity contribution in [2.24, 2.45) is 23.7 Å². The van der Waals surface area contributed by atoms with Crippen molar-refractivity contribution in [3.05, 3.63) is 53.3 Å². The van der Waals surface area contributed by atoms with E-state index in [4.69, 9.17) is 23.7 Å². The number of methoxy groups -OCH3 is 1. The highest BCUT2D eigenvalue weighted by atomic mass is 16.7. The second-order valence-corrected chi connectivity index (χ2v) is 14.0. The van der Waals surface area contributed by atoms with E-state index in [1.165, 1.54) is 47.0 Å². The Hall–Kier alpha value is -4.96. The number of ether oxygens (including phenoxy) is 5. The lowest BCUT2D eigenvalue weighted by Crippen LogP contribution is -2.46. The minimum Gasteiger partial charge on any atom is -0.507 e. The molecule has 5 bridgehead atoms. The van der Waals surface area contributed by atoms with Crippen LogP contribution in [-0.2, 0) is 28.6 Å². The van der Waals surface area contributed by atoms with Crippen LogP contribution in [0, 0.1) is 30.6 Å². The maximum absolute atomic E-state index is 14.2. The molecule has 1 amide bonds. The van der Waals surface area contributed by atoms with E-state index in [0.29, 0.717) is 0 Å². The van der Waals surface area contributed by atoms with Gasteiger partial charge in [-0.05, 0) is 19.9 Å². The van der Waals surface area contributed by atoms with Crippen LogP contribution in [0.5, 0.6) is 23.0 Å². The number of rotatable bonds is 4. The maximum atomic E-state index is 14.2. The minimum atomic E-state index is -2.07. The number of aromatic hydroxyl groups is 2. The number of hydrogen-bond donors (Lipinski definition) is 6. The first-order valence-electron chi connectivity index (χ1n) is 17.5. The van der Waals surface area contributed by atoms with E-state index in [9.17, 15) is 44.7 Å². The Morgan fingerprint density at radius 1 is 0.963 bits per heavy atom. The summed E-state index contributed by atoms with van der Waals surface area (Å²) in [6, 6.07) is 1.07. The molecule has 2 aromatic rings. The van der Waals surface area contributed by atoms with Crippen molar-refractivity contribution in [2.45, 2.75) is 85.6 Å². The fourth-order valence-corrected chi connectivity index (χ4v) is 6.87. The second-order valence-electron chi connectivity index (χ2n) is 14.0. The van der Waals surface area contributed by atoms with Gasteiger partial charge in [0.1, 0.15) is 30.0 Å². The molecule has 5 rings (SSSR count). The summed E-state index contributed by atoms with van der Waals surface area (Å²) >= 11 is 0. The number of fused-ring (bicyclic) bond motifs is 14. The average Bonchev–Trinajstić information content (AvgIpc) is 3.39. The molecule has 0 aliphatic carbocycles. The third-order valence-electron chi connectivity index (χ3n) is 10.2. The third-order valence-corrected chi connectivity index (χ3v) is 10.2. The van der Waals surface area contributed by atoms with Gasteiger partial charge in [-0.3, -0.25) is 14.4 Å². The number of carbonyl (C=O) groups excluding carboxylic acids is 4. The predicted octanol–water partition coefficient (Wildman–Crippen LogP) is 3.95. The third kappa shape index (κ3) is 8.09. The molecule has 0 radical (unpaired) electrons. The number of aliphatic hydroxyl groups excluding tert-OH is 3. The molecule has 0 fully saturated rings. The normalized spacial score (nSPS) is 29.4. The zero-order valence-corrected chi connectivity index (χ0v) is 31.7.